The fourth-order valence-corrected chi connectivity index (χ4v) is 1.51. The smallest absolute Gasteiger partial charge is 0.00118 e. The molecule has 0 aromatic heterocycles. The highest BCUT2D eigenvalue weighted by molar-refractivity contribution is 4.88. The summed E-state index contributed by atoms with van der Waals surface area (Å²) in [6.07, 6.45) is 6.93. The van der Waals surface area contributed by atoms with Crippen molar-refractivity contribution in [2.45, 2.75) is 39.0 Å². The van der Waals surface area contributed by atoms with Crippen molar-refractivity contribution in [3.63, 3.8) is 0 Å². The van der Waals surface area contributed by atoms with Gasteiger partial charge in [-0.05, 0) is 38.8 Å². The molecule has 12 heavy (non-hydrogen) atoms. The van der Waals surface area contributed by atoms with Crippen LogP contribution in [0.4, 0.5) is 0 Å². The first-order valence-electron chi connectivity index (χ1n) is 5.14. The highest BCUT2D eigenvalue weighted by atomic mass is 14.8. The lowest BCUT2D eigenvalue weighted by molar-refractivity contribution is 0.292. The molecule has 1 fully saturated rings. The highest BCUT2D eigenvalue weighted by Crippen LogP contribution is 2.28. The maximum atomic E-state index is 3.88. The Kier molecular flexibility index (Phi) is 4.37. The van der Waals surface area contributed by atoms with Gasteiger partial charge in [0.2, 0.25) is 0 Å². The summed E-state index contributed by atoms with van der Waals surface area (Å²) in [5, 5.41) is 3.46. The molecule has 0 amide bonds. The second-order valence-corrected chi connectivity index (χ2v) is 4.04. The second kappa shape index (κ2) is 5.36. The molecule has 0 atom stereocenters. The number of hydrogen-bond acceptors (Lipinski definition) is 1. The molecule has 1 heteroatoms. The number of rotatable bonds is 6. The Morgan fingerprint density at radius 3 is 2.67 bits per heavy atom. The van der Waals surface area contributed by atoms with E-state index in [1.54, 1.807) is 0 Å². The van der Waals surface area contributed by atoms with Crippen molar-refractivity contribution in [2.24, 2.45) is 5.92 Å². The van der Waals surface area contributed by atoms with Crippen LogP contribution in [0.1, 0.15) is 39.0 Å². The van der Waals surface area contributed by atoms with Gasteiger partial charge in [-0.3, -0.25) is 0 Å². The van der Waals surface area contributed by atoms with Crippen molar-refractivity contribution in [2.75, 3.05) is 13.1 Å². The maximum Gasteiger partial charge on any atom is -0.00118 e. The molecule has 1 nitrogen and oxygen atoms in total. The van der Waals surface area contributed by atoms with E-state index in [2.05, 4.69) is 18.8 Å². The summed E-state index contributed by atoms with van der Waals surface area (Å²) >= 11 is 0. The summed E-state index contributed by atoms with van der Waals surface area (Å²) in [5.74, 6) is 1.04. The lowest BCUT2D eigenvalue weighted by atomic mass is 9.83. The van der Waals surface area contributed by atoms with Gasteiger partial charge in [0.05, 0.1) is 0 Å². The molecule has 0 unspecified atom stereocenters. The normalized spacial score (nSPS) is 17.4. The zero-order valence-electron chi connectivity index (χ0n) is 8.23. The fourth-order valence-electron chi connectivity index (χ4n) is 1.51. The average molecular weight is 167 g/mol. The van der Waals surface area contributed by atoms with Gasteiger partial charge in [-0.15, -0.1) is 6.58 Å². The molecule has 0 bridgehead atoms. The van der Waals surface area contributed by atoms with Crippen LogP contribution >= 0.6 is 0 Å². The van der Waals surface area contributed by atoms with Crippen LogP contribution in [0.15, 0.2) is 12.2 Å². The van der Waals surface area contributed by atoms with Crippen LogP contribution in [0.5, 0.6) is 0 Å². The third-order valence-electron chi connectivity index (χ3n) is 2.68. The van der Waals surface area contributed by atoms with E-state index in [1.165, 1.54) is 37.8 Å². The van der Waals surface area contributed by atoms with Gasteiger partial charge in [-0.1, -0.05) is 24.8 Å². The van der Waals surface area contributed by atoms with Crippen LogP contribution in [0.25, 0.3) is 0 Å². The van der Waals surface area contributed by atoms with Crippen molar-refractivity contribution in [1.82, 2.24) is 5.32 Å². The second-order valence-electron chi connectivity index (χ2n) is 4.04. The maximum absolute atomic E-state index is 3.88. The standard InChI is InChI=1S/C11H21N/c1-10(2)6-8-12-9-7-11-4-3-5-11/h11-12H,1,3-9H2,2H3. The minimum Gasteiger partial charge on any atom is -0.316 e. The first-order chi connectivity index (χ1) is 5.79. The van der Waals surface area contributed by atoms with Gasteiger partial charge in [0, 0.05) is 0 Å². The molecule has 0 radical (unpaired) electrons. The van der Waals surface area contributed by atoms with E-state index in [-0.39, 0.29) is 0 Å². The molecule has 0 aromatic rings. The van der Waals surface area contributed by atoms with E-state index in [9.17, 15) is 0 Å². The molecule has 0 aromatic carbocycles. The van der Waals surface area contributed by atoms with Crippen molar-refractivity contribution in [3.8, 4) is 0 Å². The monoisotopic (exact) mass is 167 g/mol. The summed E-state index contributed by atoms with van der Waals surface area (Å²) < 4.78 is 0. The minimum atomic E-state index is 1.04. The largest absolute Gasteiger partial charge is 0.316 e. The van der Waals surface area contributed by atoms with Crippen LogP contribution < -0.4 is 5.32 Å². The topological polar surface area (TPSA) is 12.0 Å². The third-order valence-corrected chi connectivity index (χ3v) is 2.68. The Hall–Kier alpha value is -0.300. The quantitative estimate of drug-likeness (QED) is 0.474. The van der Waals surface area contributed by atoms with Crippen molar-refractivity contribution < 1.29 is 0 Å². The molecular weight excluding hydrogens is 146 g/mol. The van der Waals surface area contributed by atoms with E-state index in [1.807, 2.05) is 0 Å². The molecule has 0 saturated heterocycles. The Bertz CT molecular complexity index is 136. The predicted molar refractivity (Wildman–Crippen MR) is 54.3 cm³/mol. The molecule has 0 heterocycles. The molecule has 1 aliphatic rings. The van der Waals surface area contributed by atoms with E-state index in [0.29, 0.717) is 0 Å². The highest BCUT2D eigenvalue weighted by Gasteiger charge is 2.15. The Morgan fingerprint density at radius 2 is 2.17 bits per heavy atom. The van der Waals surface area contributed by atoms with Crippen molar-refractivity contribution in [1.29, 1.82) is 0 Å². The van der Waals surface area contributed by atoms with Crippen LogP contribution in [-0.2, 0) is 0 Å². The Labute approximate surface area is 76.2 Å². The Balaban J connectivity index is 1.79. The summed E-state index contributed by atoms with van der Waals surface area (Å²) in [6, 6.07) is 0. The van der Waals surface area contributed by atoms with Crippen LogP contribution in [0, 0.1) is 5.92 Å². The van der Waals surface area contributed by atoms with Gasteiger partial charge in [-0.2, -0.15) is 0 Å². The first kappa shape index (κ1) is 9.79. The van der Waals surface area contributed by atoms with Gasteiger partial charge in [0.15, 0.2) is 0 Å². The van der Waals surface area contributed by atoms with Gasteiger partial charge in [0.25, 0.3) is 0 Å². The predicted octanol–water partition coefficient (Wildman–Crippen LogP) is 2.73. The SMILES string of the molecule is C=C(C)CCNCCC1CCC1. The lowest BCUT2D eigenvalue weighted by Crippen LogP contribution is -2.22. The summed E-state index contributed by atoms with van der Waals surface area (Å²) in [6.45, 7) is 8.29. The minimum absolute atomic E-state index is 1.04. The number of nitrogens with one attached hydrogen (secondary N) is 1. The van der Waals surface area contributed by atoms with E-state index >= 15 is 0 Å². The molecular formula is C11H21N. The van der Waals surface area contributed by atoms with Crippen LogP contribution in [0.2, 0.25) is 0 Å². The van der Waals surface area contributed by atoms with Gasteiger partial charge < -0.3 is 5.32 Å². The van der Waals surface area contributed by atoms with Crippen molar-refractivity contribution >= 4 is 0 Å². The van der Waals surface area contributed by atoms with Crippen LogP contribution in [-0.4, -0.2) is 13.1 Å². The molecule has 1 aliphatic carbocycles. The third kappa shape index (κ3) is 3.91. The fraction of sp³-hybridized carbons (Fsp3) is 0.818. The molecule has 1 rings (SSSR count). The molecule has 1 N–H and O–H groups in total. The molecule has 0 aliphatic heterocycles. The zero-order valence-corrected chi connectivity index (χ0v) is 8.23. The summed E-state index contributed by atoms with van der Waals surface area (Å²) in [4.78, 5) is 0. The van der Waals surface area contributed by atoms with Gasteiger partial charge in [-0.25, -0.2) is 0 Å². The van der Waals surface area contributed by atoms with Gasteiger partial charge in [0.1, 0.15) is 0 Å². The summed E-state index contributed by atoms with van der Waals surface area (Å²) in [5.41, 5.74) is 1.28. The van der Waals surface area contributed by atoms with Crippen molar-refractivity contribution in [3.05, 3.63) is 12.2 Å². The van der Waals surface area contributed by atoms with E-state index in [4.69, 9.17) is 0 Å². The summed E-state index contributed by atoms with van der Waals surface area (Å²) in [7, 11) is 0. The van der Waals surface area contributed by atoms with E-state index < -0.39 is 0 Å². The molecule has 0 spiro atoms. The van der Waals surface area contributed by atoms with E-state index in [0.717, 1.165) is 18.9 Å². The van der Waals surface area contributed by atoms with Gasteiger partial charge >= 0.3 is 0 Å². The Morgan fingerprint density at radius 1 is 1.42 bits per heavy atom. The zero-order chi connectivity index (χ0) is 8.81. The average Bonchev–Trinajstić information content (AvgIpc) is 1.92. The molecule has 70 valence electrons. The number of hydrogen-bond donors (Lipinski definition) is 1. The lowest BCUT2D eigenvalue weighted by Gasteiger charge is -2.25. The first-order valence-corrected chi connectivity index (χ1v) is 5.14. The van der Waals surface area contributed by atoms with Crippen LogP contribution in [0.3, 0.4) is 0 Å². The molecule has 1 saturated carbocycles.